The number of ether oxygens (including phenoxy) is 2. The Kier molecular flexibility index (Phi) is 7.10. The zero-order valence-corrected chi connectivity index (χ0v) is 19.5. The second kappa shape index (κ2) is 10.6. The van der Waals surface area contributed by atoms with Crippen LogP contribution >= 0.6 is 0 Å². The van der Waals surface area contributed by atoms with Crippen LogP contribution in [0.15, 0.2) is 91.5 Å². The third-order valence-electron chi connectivity index (χ3n) is 5.73. The summed E-state index contributed by atoms with van der Waals surface area (Å²) in [4.78, 5) is 0. The van der Waals surface area contributed by atoms with Crippen molar-refractivity contribution in [3.8, 4) is 17.6 Å². The molecular weight excluding hydrogens is 418 g/mol. The average Bonchev–Trinajstić information content (AvgIpc) is 2.87. The minimum atomic E-state index is 0.441. The number of hydrogen-bond acceptors (Lipinski definition) is 3. The fourth-order valence-electron chi connectivity index (χ4n) is 3.93. The molecule has 4 aromatic carbocycles. The number of rotatable bonds is 8. The van der Waals surface area contributed by atoms with Gasteiger partial charge < -0.3 is 9.47 Å². The summed E-state index contributed by atoms with van der Waals surface area (Å²) in [6, 6.07) is 28.8. The Labute approximate surface area is 201 Å². The topological polar surface area (TPSA) is 42.2 Å². The summed E-state index contributed by atoms with van der Waals surface area (Å²) in [5, 5.41) is 12.2. The first kappa shape index (κ1) is 22.9. The van der Waals surface area contributed by atoms with Crippen molar-refractivity contribution in [1.82, 2.24) is 0 Å². The predicted octanol–water partition coefficient (Wildman–Crippen LogP) is 7.53. The fourth-order valence-corrected chi connectivity index (χ4v) is 3.93. The van der Waals surface area contributed by atoms with E-state index in [0.717, 1.165) is 33.0 Å². The zero-order chi connectivity index (χ0) is 23.9. The molecule has 0 saturated carbocycles. The number of fused-ring (bicyclic) bond motifs is 1. The van der Waals surface area contributed by atoms with Crippen molar-refractivity contribution in [2.24, 2.45) is 0 Å². The highest BCUT2D eigenvalue weighted by atomic mass is 16.5. The molecule has 34 heavy (non-hydrogen) atoms. The van der Waals surface area contributed by atoms with Gasteiger partial charge in [-0.2, -0.15) is 5.26 Å². The smallest absolute Gasteiger partial charge is 0.165 e. The van der Waals surface area contributed by atoms with Crippen molar-refractivity contribution in [2.75, 3.05) is 7.11 Å². The molecule has 4 rings (SSSR count). The maximum atomic E-state index is 9.91. The molecule has 0 heterocycles. The third-order valence-corrected chi connectivity index (χ3v) is 5.73. The summed E-state index contributed by atoms with van der Waals surface area (Å²) in [6.45, 7) is 6.41. The minimum Gasteiger partial charge on any atom is -0.493 e. The van der Waals surface area contributed by atoms with Crippen molar-refractivity contribution >= 4 is 22.4 Å². The van der Waals surface area contributed by atoms with Crippen LogP contribution in [0.5, 0.6) is 11.5 Å². The third kappa shape index (κ3) is 5.19. The van der Waals surface area contributed by atoms with E-state index in [-0.39, 0.29) is 0 Å². The molecule has 0 unspecified atom stereocenters. The molecule has 3 heteroatoms. The number of methoxy groups -OCH3 is 1. The van der Waals surface area contributed by atoms with Crippen LogP contribution in [-0.4, -0.2) is 7.11 Å². The van der Waals surface area contributed by atoms with Gasteiger partial charge in [0.25, 0.3) is 0 Å². The first-order valence-electron chi connectivity index (χ1n) is 11.2. The van der Waals surface area contributed by atoms with Gasteiger partial charge in [0.05, 0.1) is 18.8 Å². The van der Waals surface area contributed by atoms with Gasteiger partial charge >= 0.3 is 0 Å². The zero-order valence-electron chi connectivity index (χ0n) is 19.5. The second-order valence-corrected chi connectivity index (χ2v) is 8.21. The molecule has 3 nitrogen and oxygen atoms in total. The van der Waals surface area contributed by atoms with Gasteiger partial charge in [-0.1, -0.05) is 72.3 Å². The molecule has 0 radical (unpaired) electrons. The van der Waals surface area contributed by atoms with Crippen LogP contribution in [0.3, 0.4) is 0 Å². The molecule has 0 N–H and O–H groups in total. The fraction of sp³-hybridized carbons (Fsp3) is 0.129. The standard InChI is InChI=1S/C31H27NO2/c1-4-7-28-16-24(17-29(20-32)27-15-14-25-8-5-6-9-26(25)19-27)18-30(33-3)31(28)34-21-23-12-10-22(2)11-13-23/h4-6,8-19H,1,7,21H2,2-3H3/b29-17-. The molecule has 0 aliphatic carbocycles. The monoisotopic (exact) mass is 445 g/mol. The molecule has 0 spiro atoms. The van der Waals surface area contributed by atoms with Crippen LogP contribution in [0.4, 0.5) is 0 Å². The molecular formula is C31H27NO2. The Bertz CT molecular complexity index is 1390. The van der Waals surface area contributed by atoms with Gasteiger partial charge in [0.1, 0.15) is 6.61 Å². The molecule has 0 aliphatic heterocycles. The SMILES string of the molecule is C=CCc1cc(/C=C(/C#N)c2ccc3ccccc3c2)cc(OC)c1OCc1ccc(C)cc1. The Morgan fingerprint density at radius 3 is 2.44 bits per heavy atom. The van der Waals surface area contributed by atoms with Crippen LogP contribution in [0.25, 0.3) is 22.4 Å². The van der Waals surface area contributed by atoms with Gasteiger partial charge in [-0.3, -0.25) is 0 Å². The Balaban J connectivity index is 1.69. The van der Waals surface area contributed by atoms with E-state index in [1.54, 1.807) is 7.11 Å². The van der Waals surface area contributed by atoms with Crippen LogP contribution in [0.1, 0.15) is 27.8 Å². The Morgan fingerprint density at radius 1 is 0.971 bits per heavy atom. The van der Waals surface area contributed by atoms with Gasteiger partial charge in [-0.15, -0.1) is 6.58 Å². The van der Waals surface area contributed by atoms with E-state index >= 15 is 0 Å². The van der Waals surface area contributed by atoms with E-state index in [4.69, 9.17) is 9.47 Å². The minimum absolute atomic E-state index is 0.441. The average molecular weight is 446 g/mol. The highest BCUT2D eigenvalue weighted by molar-refractivity contribution is 5.94. The molecule has 168 valence electrons. The largest absolute Gasteiger partial charge is 0.493 e. The van der Waals surface area contributed by atoms with Crippen LogP contribution in [0, 0.1) is 18.3 Å². The van der Waals surface area contributed by atoms with Gasteiger partial charge in [0.15, 0.2) is 11.5 Å². The molecule has 0 fully saturated rings. The first-order valence-corrected chi connectivity index (χ1v) is 11.2. The lowest BCUT2D eigenvalue weighted by Crippen LogP contribution is -2.02. The van der Waals surface area contributed by atoms with Crippen LogP contribution in [0.2, 0.25) is 0 Å². The van der Waals surface area contributed by atoms with Crippen molar-refractivity contribution in [3.63, 3.8) is 0 Å². The van der Waals surface area contributed by atoms with E-state index in [9.17, 15) is 5.26 Å². The number of aryl methyl sites for hydroxylation is 1. The quantitative estimate of drug-likeness (QED) is 0.160. The van der Waals surface area contributed by atoms with Crippen LogP contribution < -0.4 is 9.47 Å². The molecule has 0 bridgehead atoms. The predicted molar refractivity (Wildman–Crippen MR) is 140 cm³/mol. The van der Waals surface area contributed by atoms with Crippen molar-refractivity contribution < 1.29 is 9.47 Å². The van der Waals surface area contributed by atoms with Crippen molar-refractivity contribution in [2.45, 2.75) is 20.0 Å². The summed E-state index contributed by atoms with van der Waals surface area (Å²) in [6.07, 6.45) is 4.36. The summed E-state index contributed by atoms with van der Waals surface area (Å²) in [7, 11) is 1.63. The lowest BCUT2D eigenvalue weighted by Gasteiger charge is -2.16. The number of benzene rings is 4. The highest BCUT2D eigenvalue weighted by Gasteiger charge is 2.13. The lowest BCUT2D eigenvalue weighted by atomic mass is 9.98. The normalized spacial score (nSPS) is 11.1. The number of allylic oxidation sites excluding steroid dienone is 2. The number of nitrogens with zero attached hydrogens (tertiary/aromatic N) is 1. The second-order valence-electron chi connectivity index (χ2n) is 8.21. The highest BCUT2D eigenvalue weighted by Crippen LogP contribution is 2.35. The van der Waals surface area contributed by atoms with E-state index < -0.39 is 0 Å². The van der Waals surface area contributed by atoms with Gasteiger partial charge in [0, 0.05) is 5.56 Å². The van der Waals surface area contributed by atoms with Gasteiger partial charge in [0.2, 0.25) is 0 Å². The van der Waals surface area contributed by atoms with E-state index in [0.29, 0.717) is 30.1 Å². The van der Waals surface area contributed by atoms with Crippen molar-refractivity contribution in [1.29, 1.82) is 5.26 Å². The lowest BCUT2D eigenvalue weighted by molar-refractivity contribution is 0.282. The Morgan fingerprint density at radius 2 is 1.74 bits per heavy atom. The van der Waals surface area contributed by atoms with Gasteiger partial charge in [-0.05, 0) is 65.1 Å². The maximum Gasteiger partial charge on any atom is 0.165 e. The number of hydrogen-bond donors (Lipinski definition) is 0. The Hall–Kier alpha value is -4.29. The summed E-state index contributed by atoms with van der Waals surface area (Å²) in [5.41, 5.74) is 5.61. The summed E-state index contributed by atoms with van der Waals surface area (Å²) >= 11 is 0. The van der Waals surface area contributed by atoms with E-state index in [2.05, 4.69) is 56.0 Å². The molecule has 0 amide bonds. The molecule has 0 aromatic heterocycles. The van der Waals surface area contributed by atoms with E-state index in [1.165, 1.54) is 5.56 Å². The van der Waals surface area contributed by atoms with Crippen LogP contribution in [-0.2, 0) is 13.0 Å². The van der Waals surface area contributed by atoms with Crippen molar-refractivity contribution in [3.05, 3.63) is 119 Å². The van der Waals surface area contributed by atoms with E-state index in [1.807, 2.05) is 54.6 Å². The molecule has 0 saturated heterocycles. The summed E-state index contributed by atoms with van der Waals surface area (Å²) < 4.78 is 11.9. The van der Waals surface area contributed by atoms with Gasteiger partial charge in [-0.25, -0.2) is 0 Å². The summed E-state index contributed by atoms with van der Waals surface area (Å²) in [5.74, 6) is 1.33. The molecule has 0 aliphatic rings. The molecule has 4 aromatic rings. The maximum absolute atomic E-state index is 9.91. The number of nitriles is 1. The first-order chi connectivity index (χ1) is 16.6. The molecule has 0 atom stereocenters.